The van der Waals surface area contributed by atoms with Crippen LogP contribution in [0, 0.1) is 0 Å². The third-order valence-electron chi connectivity index (χ3n) is 4.55. The third-order valence-corrected chi connectivity index (χ3v) is 4.55. The number of hydrogen-bond donors (Lipinski definition) is 3. The molecule has 0 saturated heterocycles. The lowest BCUT2D eigenvalue weighted by Gasteiger charge is -2.11. The maximum atomic E-state index is 12.9. The van der Waals surface area contributed by atoms with Crippen LogP contribution in [0.25, 0.3) is 22.4 Å². The molecule has 1 heterocycles. The van der Waals surface area contributed by atoms with Crippen LogP contribution < -0.4 is 5.32 Å². The molecule has 29 heavy (non-hydrogen) atoms. The van der Waals surface area contributed by atoms with E-state index >= 15 is 0 Å². The fourth-order valence-corrected chi connectivity index (χ4v) is 3.12. The second-order valence-corrected chi connectivity index (χ2v) is 6.41. The van der Waals surface area contributed by atoms with Crippen molar-refractivity contribution in [3.63, 3.8) is 0 Å². The summed E-state index contributed by atoms with van der Waals surface area (Å²) < 4.78 is 0. The number of carbonyl (C=O) groups excluding carboxylic acids is 1. The molecule has 1 amide bonds. The molecule has 142 valence electrons. The zero-order valence-corrected chi connectivity index (χ0v) is 15.3. The van der Waals surface area contributed by atoms with Crippen molar-refractivity contribution >= 4 is 17.6 Å². The van der Waals surface area contributed by atoms with Crippen molar-refractivity contribution in [1.82, 2.24) is 10.2 Å². The first-order valence-electron chi connectivity index (χ1n) is 8.96. The predicted octanol–water partition coefficient (Wildman–Crippen LogP) is 4.69. The molecule has 0 bridgehead atoms. The van der Waals surface area contributed by atoms with Crippen molar-refractivity contribution in [2.75, 3.05) is 5.32 Å². The standard InChI is InChI=1S/C23H17N3O3/c27-22(19-14-24-26-21(19)16-9-5-2-6-10-16)25-20-13-17(11-12-18(20)23(28)29)15-7-3-1-4-8-15/h1-14H,(H,24,26)(H,25,27)(H,28,29). The Balaban J connectivity index is 1.70. The minimum Gasteiger partial charge on any atom is -0.478 e. The number of hydrogen-bond acceptors (Lipinski definition) is 3. The van der Waals surface area contributed by atoms with Gasteiger partial charge in [0.1, 0.15) is 0 Å². The summed E-state index contributed by atoms with van der Waals surface area (Å²) in [5, 5.41) is 19.1. The Labute approximate surface area is 166 Å². The maximum Gasteiger partial charge on any atom is 0.337 e. The Morgan fingerprint density at radius 2 is 1.45 bits per heavy atom. The average Bonchev–Trinajstić information content (AvgIpc) is 3.25. The van der Waals surface area contributed by atoms with E-state index in [2.05, 4.69) is 15.5 Å². The van der Waals surface area contributed by atoms with Gasteiger partial charge in [-0.05, 0) is 23.3 Å². The molecule has 0 atom stereocenters. The number of carboxylic acid groups (broad SMARTS) is 1. The van der Waals surface area contributed by atoms with Gasteiger partial charge in [0.2, 0.25) is 0 Å². The van der Waals surface area contributed by atoms with Gasteiger partial charge >= 0.3 is 5.97 Å². The lowest BCUT2D eigenvalue weighted by molar-refractivity contribution is 0.0698. The molecule has 0 fully saturated rings. The molecule has 6 nitrogen and oxygen atoms in total. The van der Waals surface area contributed by atoms with Crippen LogP contribution in [0.5, 0.6) is 0 Å². The van der Waals surface area contributed by atoms with Crippen molar-refractivity contribution in [2.24, 2.45) is 0 Å². The molecule has 0 aliphatic rings. The molecular weight excluding hydrogens is 366 g/mol. The summed E-state index contributed by atoms with van der Waals surface area (Å²) in [6, 6.07) is 23.8. The fourth-order valence-electron chi connectivity index (χ4n) is 3.12. The van der Waals surface area contributed by atoms with E-state index in [0.29, 0.717) is 11.3 Å². The summed E-state index contributed by atoms with van der Waals surface area (Å²) in [5.74, 6) is -1.55. The van der Waals surface area contributed by atoms with Crippen LogP contribution >= 0.6 is 0 Å². The number of carboxylic acids is 1. The van der Waals surface area contributed by atoms with Crippen molar-refractivity contribution in [3.05, 3.63) is 96.2 Å². The highest BCUT2D eigenvalue weighted by atomic mass is 16.4. The molecule has 0 radical (unpaired) electrons. The normalized spacial score (nSPS) is 10.5. The molecule has 0 aliphatic carbocycles. The van der Waals surface area contributed by atoms with Crippen LogP contribution in [0.4, 0.5) is 5.69 Å². The van der Waals surface area contributed by atoms with E-state index in [4.69, 9.17) is 0 Å². The molecule has 6 heteroatoms. The number of rotatable bonds is 5. The Bertz CT molecular complexity index is 1170. The monoisotopic (exact) mass is 383 g/mol. The second-order valence-electron chi connectivity index (χ2n) is 6.41. The van der Waals surface area contributed by atoms with E-state index in [1.54, 1.807) is 12.1 Å². The zero-order valence-electron chi connectivity index (χ0n) is 15.3. The van der Waals surface area contributed by atoms with Gasteiger partial charge in [-0.25, -0.2) is 4.79 Å². The molecule has 1 aromatic heterocycles. The zero-order chi connectivity index (χ0) is 20.2. The molecule has 4 aromatic rings. The van der Waals surface area contributed by atoms with Crippen LogP contribution in [0.2, 0.25) is 0 Å². The lowest BCUT2D eigenvalue weighted by Crippen LogP contribution is -2.15. The van der Waals surface area contributed by atoms with Crippen LogP contribution in [-0.2, 0) is 0 Å². The van der Waals surface area contributed by atoms with Crippen molar-refractivity contribution in [1.29, 1.82) is 0 Å². The molecule has 0 spiro atoms. The molecular formula is C23H17N3O3. The molecule has 0 aliphatic heterocycles. The number of nitrogens with one attached hydrogen (secondary N) is 2. The number of benzene rings is 3. The number of aromatic amines is 1. The van der Waals surface area contributed by atoms with Crippen LogP contribution in [0.15, 0.2) is 85.1 Å². The molecule has 0 saturated carbocycles. The summed E-state index contributed by atoms with van der Waals surface area (Å²) in [4.78, 5) is 24.6. The summed E-state index contributed by atoms with van der Waals surface area (Å²) in [6.07, 6.45) is 1.43. The molecule has 0 unspecified atom stereocenters. The minimum absolute atomic E-state index is 0.0165. The Kier molecular flexibility index (Phi) is 4.90. The first-order valence-corrected chi connectivity index (χ1v) is 8.96. The second kappa shape index (κ2) is 7.82. The third kappa shape index (κ3) is 3.77. The van der Waals surface area contributed by atoms with Gasteiger partial charge < -0.3 is 10.4 Å². The Morgan fingerprint density at radius 1 is 0.793 bits per heavy atom. The summed E-state index contributed by atoms with van der Waals surface area (Å²) >= 11 is 0. The van der Waals surface area contributed by atoms with Gasteiger partial charge in [-0.2, -0.15) is 5.10 Å². The first kappa shape index (κ1) is 18.2. The summed E-state index contributed by atoms with van der Waals surface area (Å²) in [5.41, 5.74) is 3.69. The number of aromatic carboxylic acids is 1. The molecule has 3 N–H and O–H groups in total. The van der Waals surface area contributed by atoms with Gasteiger partial charge in [0.25, 0.3) is 5.91 Å². The number of nitrogens with zero attached hydrogens (tertiary/aromatic N) is 1. The van der Waals surface area contributed by atoms with Crippen molar-refractivity contribution in [2.45, 2.75) is 0 Å². The largest absolute Gasteiger partial charge is 0.478 e. The van der Waals surface area contributed by atoms with Gasteiger partial charge in [-0.3, -0.25) is 9.89 Å². The number of aromatic nitrogens is 2. The Hall–Kier alpha value is -4.19. The molecule has 4 rings (SSSR count). The first-order chi connectivity index (χ1) is 14.1. The SMILES string of the molecule is O=C(O)c1ccc(-c2ccccc2)cc1NC(=O)c1cn[nH]c1-c1ccccc1. The highest BCUT2D eigenvalue weighted by molar-refractivity contribution is 6.10. The topological polar surface area (TPSA) is 95.1 Å². The maximum absolute atomic E-state index is 12.9. The van der Waals surface area contributed by atoms with E-state index in [9.17, 15) is 14.7 Å². The van der Waals surface area contributed by atoms with E-state index in [0.717, 1.165) is 16.7 Å². The predicted molar refractivity (Wildman–Crippen MR) is 111 cm³/mol. The highest BCUT2D eigenvalue weighted by Crippen LogP contribution is 2.27. The Morgan fingerprint density at radius 3 is 2.10 bits per heavy atom. The average molecular weight is 383 g/mol. The summed E-state index contributed by atoms with van der Waals surface area (Å²) in [6.45, 7) is 0. The van der Waals surface area contributed by atoms with E-state index < -0.39 is 11.9 Å². The van der Waals surface area contributed by atoms with E-state index in [1.807, 2.05) is 60.7 Å². The molecule has 3 aromatic carbocycles. The number of anilines is 1. The lowest BCUT2D eigenvalue weighted by atomic mass is 10.0. The highest BCUT2D eigenvalue weighted by Gasteiger charge is 2.19. The van der Waals surface area contributed by atoms with Gasteiger partial charge in [-0.15, -0.1) is 0 Å². The van der Waals surface area contributed by atoms with Crippen molar-refractivity contribution < 1.29 is 14.7 Å². The van der Waals surface area contributed by atoms with E-state index in [1.165, 1.54) is 12.3 Å². The number of amides is 1. The minimum atomic E-state index is -1.12. The van der Waals surface area contributed by atoms with Crippen LogP contribution in [-0.4, -0.2) is 27.2 Å². The quantitative estimate of drug-likeness (QED) is 0.466. The smallest absolute Gasteiger partial charge is 0.337 e. The number of H-pyrrole nitrogens is 1. The van der Waals surface area contributed by atoms with Gasteiger partial charge in [0.05, 0.1) is 28.7 Å². The van der Waals surface area contributed by atoms with Gasteiger partial charge in [0.15, 0.2) is 0 Å². The number of carbonyl (C=O) groups is 2. The summed E-state index contributed by atoms with van der Waals surface area (Å²) in [7, 11) is 0. The fraction of sp³-hybridized carbons (Fsp3) is 0. The van der Waals surface area contributed by atoms with Gasteiger partial charge in [-0.1, -0.05) is 66.7 Å². The van der Waals surface area contributed by atoms with Gasteiger partial charge in [0, 0.05) is 5.56 Å². The van der Waals surface area contributed by atoms with Crippen molar-refractivity contribution in [3.8, 4) is 22.4 Å². The van der Waals surface area contributed by atoms with E-state index in [-0.39, 0.29) is 11.3 Å². The van der Waals surface area contributed by atoms with Crippen LogP contribution in [0.3, 0.4) is 0 Å². The van der Waals surface area contributed by atoms with Crippen LogP contribution in [0.1, 0.15) is 20.7 Å².